The SMILES string of the molecule is CCOc1ccc(Cc2cc(N)ccc2N)cc1. The van der Waals surface area contributed by atoms with E-state index in [9.17, 15) is 0 Å². The third kappa shape index (κ3) is 2.94. The molecular formula is C15H18N2O. The molecule has 0 heterocycles. The average Bonchev–Trinajstić information content (AvgIpc) is 2.37. The summed E-state index contributed by atoms with van der Waals surface area (Å²) in [5.74, 6) is 0.891. The summed E-state index contributed by atoms with van der Waals surface area (Å²) in [5, 5.41) is 0. The molecule has 94 valence electrons. The molecule has 0 bridgehead atoms. The first kappa shape index (κ1) is 12.3. The Morgan fingerprint density at radius 3 is 2.39 bits per heavy atom. The Bertz CT molecular complexity index is 521. The lowest BCUT2D eigenvalue weighted by Gasteiger charge is -2.08. The van der Waals surface area contributed by atoms with Gasteiger partial charge in [0.2, 0.25) is 0 Å². The average molecular weight is 242 g/mol. The van der Waals surface area contributed by atoms with Crippen LogP contribution < -0.4 is 16.2 Å². The van der Waals surface area contributed by atoms with Gasteiger partial charge in [0.25, 0.3) is 0 Å². The molecule has 0 saturated carbocycles. The van der Waals surface area contributed by atoms with Gasteiger partial charge < -0.3 is 16.2 Å². The molecule has 0 saturated heterocycles. The van der Waals surface area contributed by atoms with Crippen LogP contribution in [-0.2, 0) is 6.42 Å². The summed E-state index contributed by atoms with van der Waals surface area (Å²) in [5.41, 5.74) is 15.5. The van der Waals surface area contributed by atoms with Crippen molar-refractivity contribution in [1.29, 1.82) is 0 Å². The van der Waals surface area contributed by atoms with Gasteiger partial charge in [-0.25, -0.2) is 0 Å². The summed E-state index contributed by atoms with van der Waals surface area (Å²) in [7, 11) is 0. The Morgan fingerprint density at radius 2 is 1.72 bits per heavy atom. The zero-order valence-corrected chi connectivity index (χ0v) is 10.5. The third-order valence-electron chi connectivity index (χ3n) is 2.80. The number of anilines is 2. The van der Waals surface area contributed by atoms with Crippen molar-refractivity contribution in [3.63, 3.8) is 0 Å². The largest absolute Gasteiger partial charge is 0.494 e. The molecule has 0 spiro atoms. The zero-order valence-electron chi connectivity index (χ0n) is 10.5. The van der Waals surface area contributed by atoms with Crippen molar-refractivity contribution in [2.45, 2.75) is 13.3 Å². The monoisotopic (exact) mass is 242 g/mol. The Kier molecular flexibility index (Phi) is 3.72. The highest BCUT2D eigenvalue weighted by Gasteiger charge is 2.02. The Morgan fingerprint density at radius 1 is 1.00 bits per heavy atom. The van der Waals surface area contributed by atoms with Crippen LogP contribution in [0.3, 0.4) is 0 Å². The van der Waals surface area contributed by atoms with Crippen molar-refractivity contribution in [2.24, 2.45) is 0 Å². The lowest BCUT2D eigenvalue weighted by Crippen LogP contribution is -1.98. The van der Waals surface area contributed by atoms with Crippen molar-refractivity contribution in [3.05, 3.63) is 53.6 Å². The summed E-state index contributed by atoms with van der Waals surface area (Å²) in [6.07, 6.45) is 0.781. The van der Waals surface area contributed by atoms with Gasteiger partial charge in [-0.05, 0) is 54.8 Å². The van der Waals surface area contributed by atoms with Crippen LogP contribution in [0.25, 0.3) is 0 Å². The number of benzene rings is 2. The van der Waals surface area contributed by atoms with E-state index in [1.54, 1.807) is 0 Å². The molecule has 3 heteroatoms. The summed E-state index contributed by atoms with van der Waals surface area (Å²) < 4.78 is 5.41. The molecule has 0 amide bonds. The highest BCUT2D eigenvalue weighted by molar-refractivity contribution is 5.56. The minimum atomic E-state index is 0.682. The minimum Gasteiger partial charge on any atom is -0.494 e. The van der Waals surface area contributed by atoms with Crippen LogP contribution >= 0.6 is 0 Å². The fraction of sp³-hybridized carbons (Fsp3) is 0.200. The topological polar surface area (TPSA) is 61.3 Å². The van der Waals surface area contributed by atoms with Gasteiger partial charge in [-0.15, -0.1) is 0 Å². The van der Waals surface area contributed by atoms with Crippen molar-refractivity contribution in [1.82, 2.24) is 0 Å². The number of rotatable bonds is 4. The number of nitrogen functional groups attached to an aromatic ring is 2. The van der Waals surface area contributed by atoms with E-state index in [0.29, 0.717) is 6.61 Å². The maximum absolute atomic E-state index is 5.93. The lowest BCUT2D eigenvalue weighted by molar-refractivity contribution is 0.340. The molecule has 0 aliphatic carbocycles. The molecule has 0 atom stereocenters. The van der Waals surface area contributed by atoms with Crippen LogP contribution in [0.2, 0.25) is 0 Å². The molecule has 0 aromatic heterocycles. The smallest absolute Gasteiger partial charge is 0.119 e. The van der Waals surface area contributed by atoms with Crippen LogP contribution in [0.4, 0.5) is 11.4 Å². The molecule has 3 nitrogen and oxygen atoms in total. The minimum absolute atomic E-state index is 0.682. The Labute approximate surface area is 107 Å². The molecule has 2 aromatic carbocycles. The van der Waals surface area contributed by atoms with E-state index in [-0.39, 0.29) is 0 Å². The van der Waals surface area contributed by atoms with Gasteiger partial charge in [0, 0.05) is 11.4 Å². The van der Waals surface area contributed by atoms with Crippen LogP contribution in [-0.4, -0.2) is 6.61 Å². The van der Waals surface area contributed by atoms with Crippen LogP contribution in [0.5, 0.6) is 5.75 Å². The van der Waals surface area contributed by atoms with E-state index < -0.39 is 0 Å². The second-order valence-corrected chi connectivity index (χ2v) is 4.21. The Hall–Kier alpha value is -2.16. The molecule has 0 fully saturated rings. The van der Waals surface area contributed by atoms with Gasteiger partial charge in [-0.2, -0.15) is 0 Å². The van der Waals surface area contributed by atoms with Crippen LogP contribution in [0.1, 0.15) is 18.1 Å². The van der Waals surface area contributed by atoms with Gasteiger partial charge >= 0.3 is 0 Å². The molecule has 0 aliphatic heterocycles. The highest BCUT2D eigenvalue weighted by Crippen LogP contribution is 2.21. The fourth-order valence-corrected chi connectivity index (χ4v) is 1.87. The quantitative estimate of drug-likeness (QED) is 0.810. The van der Waals surface area contributed by atoms with E-state index in [2.05, 4.69) is 0 Å². The molecular weight excluding hydrogens is 224 g/mol. The highest BCUT2D eigenvalue weighted by atomic mass is 16.5. The van der Waals surface area contributed by atoms with E-state index >= 15 is 0 Å². The zero-order chi connectivity index (χ0) is 13.0. The third-order valence-corrected chi connectivity index (χ3v) is 2.80. The Balaban J connectivity index is 2.15. The molecule has 0 radical (unpaired) electrons. The van der Waals surface area contributed by atoms with Gasteiger partial charge in [-0.1, -0.05) is 12.1 Å². The first-order valence-corrected chi connectivity index (χ1v) is 6.04. The number of hydrogen-bond acceptors (Lipinski definition) is 3. The fourth-order valence-electron chi connectivity index (χ4n) is 1.87. The van der Waals surface area contributed by atoms with Crippen LogP contribution in [0, 0.1) is 0 Å². The lowest BCUT2D eigenvalue weighted by atomic mass is 10.0. The van der Waals surface area contributed by atoms with Gasteiger partial charge in [0.15, 0.2) is 0 Å². The molecule has 2 rings (SSSR count). The summed E-state index contributed by atoms with van der Waals surface area (Å²) >= 11 is 0. The number of nitrogens with two attached hydrogens (primary N) is 2. The first-order chi connectivity index (χ1) is 8.69. The van der Waals surface area contributed by atoms with E-state index in [0.717, 1.165) is 29.1 Å². The van der Waals surface area contributed by atoms with Gasteiger partial charge in [0.05, 0.1) is 6.61 Å². The van der Waals surface area contributed by atoms with Gasteiger partial charge in [0.1, 0.15) is 5.75 Å². The van der Waals surface area contributed by atoms with Crippen molar-refractivity contribution in [2.75, 3.05) is 18.1 Å². The molecule has 18 heavy (non-hydrogen) atoms. The maximum Gasteiger partial charge on any atom is 0.119 e. The predicted molar refractivity (Wildman–Crippen MR) is 75.7 cm³/mol. The molecule has 2 aromatic rings. The standard InChI is InChI=1S/C15H18N2O/c1-2-18-14-6-3-11(4-7-14)9-12-10-13(16)5-8-15(12)17/h3-8,10H,2,9,16-17H2,1H3. The van der Waals surface area contributed by atoms with Crippen LogP contribution in [0.15, 0.2) is 42.5 Å². The summed E-state index contributed by atoms with van der Waals surface area (Å²) in [6, 6.07) is 13.6. The molecule has 0 aliphatic rings. The van der Waals surface area contributed by atoms with Crippen molar-refractivity contribution < 1.29 is 4.74 Å². The van der Waals surface area contributed by atoms with E-state index in [1.165, 1.54) is 5.56 Å². The van der Waals surface area contributed by atoms with E-state index in [4.69, 9.17) is 16.2 Å². The summed E-state index contributed by atoms with van der Waals surface area (Å²) in [6.45, 7) is 2.66. The number of ether oxygens (including phenoxy) is 1. The molecule has 0 unspecified atom stereocenters. The first-order valence-electron chi connectivity index (χ1n) is 6.04. The van der Waals surface area contributed by atoms with Crippen molar-refractivity contribution >= 4 is 11.4 Å². The van der Waals surface area contributed by atoms with E-state index in [1.807, 2.05) is 49.4 Å². The second-order valence-electron chi connectivity index (χ2n) is 4.21. The molecule has 4 N–H and O–H groups in total. The normalized spacial score (nSPS) is 10.3. The second kappa shape index (κ2) is 5.45. The van der Waals surface area contributed by atoms with Crippen molar-refractivity contribution in [3.8, 4) is 5.75 Å². The predicted octanol–water partition coefficient (Wildman–Crippen LogP) is 2.84. The van der Waals surface area contributed by atoms with Gasteiger partial charge in [-0.3, -0.25) is 0 Å². The maximum atomic E-state index is 5.93. The number of hydrogen-bond donors (Lipinski definition) is 2. The summed E-state index contributed by atoms with van der Waals surface area (Å²) in [4.78, 5) is 0.